The summed E-state index contributed by atoms with van der Waals surface area (Å²) < 4.78 is 33.7. The number of rotatable bonds is 4. The fourth-order valence-electron chi connectivity index (χ4n) is 2.73. The zero-order chi connectivity index (χ0) is 16.2. The molecule has 7 heteroatoms. The minimum Gasteiger partial charge on any atom is -0.481 e. The van der Waals surface area contributed by atoms with Crippen molar-refractivity contribution in [3.05, 3.63) is 48.6 Å². The van der Waals surface area contributed by atoms with Crippen molar-refractivity contribution in [3.8, 4) is 5.75 Å². The molecule has 122 valence electrons. The minimum absolute atomic E-state index is 0.182. The average molecular weight is 321 g/mol. The fourth-order valence-corrected chi connectivity index (χ4v) is 2.73. The van der Waals surface area contributed by atoms with Crippen molar-refractivity contribution < 1.29 is 18.3 Å². The van der Waals surface area contributed by atoms with Crippen LogP contribution in [0.25, 0.3) is 0 Å². The Morgan fingerprint density at radius 2 is 2.26 bits per heavy atom. The largest absolute Gasteiger partial charge is 0.481 e. The maximum Gasteiger partial charge on any atom is 0.260 e. The summed E-state index contributed by atoms with van der Waals surface area (Å²) in [4.78, 5) is 17.9. The van der Waals surface area contributed by atoms with Crippen LogP contribution >= 0.6 is 0 Å². The summed E-state index contributed by atoms with van der Waals surface area (Å²) in [7, 11) is 0. The molecule has 5 nitrogen and oxygen atoms in total. The van der Waals surface area contributed by atoms with Gasteiger partial charge < -0.3 is 14.2 Å². The Morgan fingerprint density at radius 3 is 3.04 bits per heavy atom. The van der Waals surface area contributed by atoms with Gasteiger partial charge in [-0.15, -0.1) is 0 Å². The number of carbonyl (C=O) groups is 1. The van der Waals surface area contributed by atoms with E-state index in [-0.39, 0.29) is 24.3 Å². The molecule has 0 unspecified atom stereocenters. The molecule has 0 spiro atoms. The van der Waals surface area contributed by atoms with Crippen molar-refractivity contribution in [1.29, 1.82) is 0 Å². The lowest BCUT2D eigenvalue weighted by molar-refractivity contribution is -0.135. The van der Waals surface area contributed by atoms with Crippen LogP contribution in [0.3, 0.4) is 0 Å². The second-order valence-corrected chi connectivity index (χ2v) is 5.51. The van der Waals surface area contributed by atoms with E-state index < -0.39 is 11.6 Å². The summed E-state index contributed by atoms with van der Waals surface area (Å²) in [6.45, 7) is 0.889. The number of hydrogen-bond donors (Lipinski definition) is 0. The summed E-state index contributed by atoms with van der Waals surface area (Å²) in [6.07, 6.45) is 7.16. The predicted octanol–water partition coefficient (Wildman–Crippen LogP) is 2.40. The van der Waals surface area contributed by atoms with E-state index in [9.17, 15) is 13.6 Å². The second kappa shape index (κ2) is 6.76. The number of benzene rings is 1. The van der Waals surface area contributed by atoms with E-state index in [0.717, 1.165) is 31.0 Å². The third kappa shape index (κ3) is 3.67. The van der Waals surface area contributed by atoms with Gasteiger partial charge in [-0.2, -0.15) is 0 Å². The Bertz CT molecular complexity index is 676. The van der Waals surface area contributed by atoms with Gasteiger partial charge in [0.1, 0.15) is 5.82 Å². The number of piperidine rings is 1. The van der Waals surface area contributed by atoms with Crippen molar-refractivity contribution in [2.24, 2.45) is 0 Å². The molecule has 2 heterocycles. The number of aromatic nitrogens is 2. The Kier molecular flexibility index (Phi) is 4.55. The molecule has 1 atom stereocenters. The van der Waals surface area contributed by atoms with Gasteiger partial charge in [-0.1, -0.05) is 0 Å². The number of ether oxygens (including phenoxy) is 1. The van der Waals surface area contributed by atoms with Crippen LogP contribution in [-0.2, 0) is 4.79 Å². The lowest BCUT2D eigenvalue weighted by Crippen LogP contribution is -2.42. The van der Waals surface area contributed by atoms with Gasteiger partial charge in [-0.05, 0) is 25.0 Å². The summed E-state index contributed by atoms with van der Waals surface area (Å²) >= 11 is 0. The van der Waals surface area contributed by atoms with E-state index in [4.69, 9.17) is 4.74 Å². The molecule has 0 aliphatic carbocycles. The van der Waals surface area contributed by atoms with Crippen molar-refractivity contribution in [3.63, 3.8) is 0 Å². The van der Waals surface area contributed by atoms with Crippen LogP contribution in [0.4, 0.5) is 8.78 Å². The highest BCUT2D eigenvalue weighted by Crippen LogP contribution is 2.22. The summed E-state index contributed by atoms with van der Waals surface area (Å²) in [5.41, 5.74) is 0. The van der Waals surface area contributed by atoms with Gasteiger partial charge in [0, 0.05) is 31.5 Å². The van der Waals surface area contributed by atoms with Gasteiger partial charge in [0.15, 0.2) is 18.2 Å². The first-order valence-corrected chi connectivity index (χ1v) is 7.46. The first-order chi connectivity index (χ1) is 11.1. The van der Waals surface area contributed by atoms with E-state index in [0.29, 0.717) is 13.1 Å². The summed E-state index contributed by atoms with van der Waals surface area (Å²) in [5, 5.41) is 0. The topological polar surface area (TPSA) is 47.4 Å². The van der Waals surface area contributed by atoms with Gasteiger partial charge in [0.05, 0.1) is 12.4 Å². The molecule has 0 saturated carbocycles. The first kappa shape index (κ1) is 15.5. The van der Waals surface area contributed by atoms with Crippen LogP contribution in [0, 0.1) is 11.6 Å². The van der Waals surface area contributed by atoms with Crippen LogP contribution in [0.2, 0.25) is 0 Å². The average Bonchev–Trinajstić information content (AvgIpc) is 3.10. The summed E-state index contributed by atoms with van der Waals surface area (Å²) in [6, 6.07) is 3.10. The smallest absolute Gasteiger partial charge is 0.260 e. The molecule has 1 saturated heterocycles. The van der Waals surface area contributed by atoms with Crippen LogP contribution in [0.15, 0.2) is 36.9 Å². The quantitative estimate of drug-likeness (QED) is 0.869. The molecule has 0 radical (unpaired) electrons. The van der Waals surface area contributed by atoms with Crippen molar-refractivity contribution in [2.45, 2.75) is 18.9 Å². The number of amides is 1. The number of carbonyl (C=O) groups excluding carboxylic acids is 1. The van der Waals surface area contributed by atoms with Crippen LogP contribution < -0.4 is 4.74 Å². The van der Waals surface area contributed by atoms with E-state index >= 15 is 0 Å². The standard InChI is InChI=1S/C16H17F2N3O2/c17-12-3-4-14(18)15(8-12)23-10-16(22)20-6-1-2-13(9-20)21-7-5-19-11-21/h3-5,7-8,11,13H,1-2,6,9-10H2/t13-/m1/s1. The highest BCUT2D eigenvalue weighted by Gasteiger charge is 2.24. The van der Waals surface area contributed by atoms with Crippen LogP contribution in [-0.4, -0.2) is 40.1 Å². The highest BCUT2D eigenvalue weighted by atomic mass is 19.1. The van der Waals surface area contributed by atoms with Gasteiger partial charge >= 0.3 is 0 Å². The number of likely N-dealkylation sites (tertiary alicyclic amines) is 1. The Labute approximate surface area is 132 Å². The molecule has 2 aromatic rings. The van der Waals surface area contributed by atoms with Gasteiger partial charge in [0.25, 0.3) is 5.91 Å². The molecule has 1 aliphatic rings. The monoisotopic (exact) mass is 321 g/mol. The lowest BCUT2D eigenvalue weighted by atomic mass is 10.1. The van der Waals surface area contributed by atoms with Gasteiger partial charge in [-0.3, -0.25) is 4.79 Å². The van der Waals surface area contributed by atoms with Crippen molar-refractivity contribution in [1.82, 2.24) is 14.5 Å². The molecule has 23 heavy (non-hydrogen) atoms. The van der Waals surface area contributed by atoms with Crippen molar-refractivity contribution in [2.75, 3.05) is 19.7 Å². The third-order valence-corrected chi connectivity index (χ3v) is 3.94. The molecule has 1 fully saturated rings. The van der Waals surface area contributed by atoms with Crippen LogP contribution in [0.5, 0.6) is 5.75 Å². The molecule has 3 rings (SSSR count). The number of halogens is 2. The molecule has 1 aromatic carbocycles. The zero-order valence-electron chi connectivity index (χ0n) is 12.5. The summed E-state index contributed by atoms with van der Waals surface area (Å²) in [5.74, 6) is -1.78. The molecule has 1 amide bonds. The van der Waals surface area contributed by atoms with Gasteiger partial charge in [-0.25, -0.2) is 13.8 Å². The normalized spacial score (nSPS) is 18.0. The van der Waals surface area contributed by atoms with E-state index in [1.54, 1.807) is 17.4 Å². The van der Waals surface area contributed by atoms with Gasteiger partial charge in [0.2, 0.25) is 0 Å². The van der Waals surface area contributed by atoms with Crippen molar-refractivity contribution >= 4 is 5.91 Å². The first-order valence-electron chi connectivity index (χ1n) is 7.46. The minimum atomic E-state index is -0.686. The maximum atomic E-state index is 13.5. The Morgan fingerprint density at radius 1 is 1.39 bits per heavy atom. The van der Waals surface area contributed by atoms with Crippen LogP contribution in [0.1, 0.15) is 18.9 Å². The van der Waals surface area contributed by atoms with E-state index in [2.05, 4.69) is 4.98 Å². The number of nitrogens with zero attached hydrogens (tertiary/aromatic N) is 3. The SMILES string of the molecule is O=C(COc1cc(F)ccc1F)N1CCC[C@@H](n2ccnc2)C1. The lowest BCUT2D eigenvalue weighted by Gasteiger charge is -2.33. The molecule has 1 aliphatic heterocycles. The molecule has 0 bridgehead atoms. The molecule has 0 N–H and O–H groups in total. The predicted molar refractivity (Wildman–Crippen MR) is 78.9 cm³/mol. The molecular weight excluding hydrogens is 304 g/mol. The fraction of sp³-hybridized carbons (Fsp3) is 0.375. The second-order valence-electron chi connectivity index (χ2n) is 5.51. The third-order valence-electron chi connectivity index (χ3n) is 3.94. The highest BCUT2D eigenvalue weighted by molar-refractivity contribution is 5.77. The Hall–Kier alpha value is -2.44. The zero-order valence-corrected chi connectivity index (χ0v) is 12.5. The molecule has 1 aromatic heterocycles. The number of hydrogen-bond acceptors (Lipinski definition) is 3. The van der Waals surface area contributed by atoms with E-state index in [1.807, 2.05) is 10.8 Å². The number of imidazole rings is 1. The van der Waals surface area contributed by atoms with E-state index in [1.165, 1.54) is 0 Å². The Balaban J connectivity index is 1.58. The maximum absolute atomic E-state index is 13.5. The molecular formula is C16H17F2N3O2.